The summed E-state index contributed by atoms with van der Waals surface area (Å²) in [5, 5.41) is 0. The maximum absolute atomic E-state index is 13.2. The van der Waals surface area contributed by atoms with Gasteiger partial charge in [-0.05, 0) is 87.2 Å². The third kappa shape index (κ3) is 4.05. The van der Waals surface area contributed by atoms with Crippen LogP contribution in [0.5, 0.6) is 0 Å². The largest absolute Gasteiger partial charge is 0.339 e. The highest BCUT2D eigenvalue weighted by molar-refractivity contribution is 9.10. The molecule has 0 bridgehead atoms. The summed E-state index contributed by atoms with van der Waals surface area (Å²) in [5.41, 5.74) is -5.52. The van der Waals surface area contributed by atoms with Gasteiger partial charge >= 0.3 is 23.2 Å². The normalized spacial score (nSPS) is 12.2. The first-order chi connectivity index (χ1) is 14.4. The van der Waals surface area contributed by atoms with E-state index in [1.165, 1.54) is 13.8 Å². The monoisotopic (exact) mass is 574 g/mol. The molecule has 2 rings (SSSR count). The van der Waals surface area contributed by atoms with E-state index in [0.717, 1.165) is 9.13 Å². The maximum atomic E-state index is 13.2. The summed E-state index contributed by atoms with van der Waals surface area (Å²) in [6.07, 6.45) is 0. The average molecular weight is 576 g/mol. The molecule has 32 heavy (non-hydrogen) atoms. The van der Waals surface area contributed by atoms with Gasteiger partial charge in [0.15, 0.2) is 0 Å². The highest BCUT2D eigenvalue weighted by Gasteiger charge is 2.32. The summed E-state index contributed by atoms with van der Waals surface area (Å²) < 4.78 is 2.64. The minimum Gasteiger partial charge on any atom is -0.268 e. The average Bonchev–Trinajstić information content (AvgIpc) is 2.62. The highest BCUT2D eigenvalue weighted by Crippen LogP contribution is 2.16. The lowest BCUT2D eigenvalue weighted by Gasteiger charge is -2.25. The van der Waals surface area contributed by atoms with E-state index >= 15 is 0 Å². The SMILES string of the molecule is Cc1c(Br)c(=O)n(C(C)(C)C)c(=O)n1C(=O)C(=O)n1c(C)c(Br)c(=O)n(C(C)(C)C)c1=O. The summed E-state index contributed by atoms with van der Waals surface area (Å²) in [6.45, 7) is 12.2. The van der Waals surface area contributed by atoms with E-state index in [2.05, 4.69) is 31.9 Å². The van der Waals surface area contributed by atoms with Crippen LogP contribution in [0.1, 0.15) is 62.5 Å². The summed E-state index contributed by atoms with van der Waals surface area (Å²) >= 11 is 6.18. The molecule has 0 aromatic carbocycles. The van der Waals surface area contributed by atoms with Crippen LogP contribution in [0.2, 0.25) is 0 Å². The van der Waals surface area contributed by atoms with Gasteiger partial charge in [0.25, 0.3) is 11.1 Å². The number of rotatable bonds is 0. The smallest absolute Gasteiger partial charge is 0.268 e. The molecule has 0 aliphatic heterocycles. The van der Waals surface area contributed by atoms with Gasteiger partial charge in [-0.1, -0.05) is 0 Å². The number of halogens is 2. The molecule has 2 aromatic heterocycles. The molecule has 0 aliphatic carbocycles. The Hall–Kier alpha value is -2.34. The predicted molar refractivity (Wildman–Crippen MR) is 126 cm³/mol. The van der Waals surface area contributed by atoms with Crippen LogP contribution in [0.4, 0.5) is 0 Å². The summed E-state index contributed by atoms with van der Waals surface area (Å²) in [5.74, 6) is -2.69. The zero-order valence-electron chi connectivity index (χ0n) is 19.0. The molecule has 0 fully saturated rings. The van der Waals surface area contributed by atoms with Crippen LogP contribution in [-0.2, 0) is 11.1 Å². The Labute approximate surface area is 199 Å². The molecular weight excluding hydrogens is 552 g/mol. The van der Waals surface area contributed by atoms with Crippen LogP contribution in [0, 0.1) is 13.8 Å². The van der Waals surface area contributed by atoms with E-state index in [-0.39, 0.29) is 20.3 Å². The molecule has 0 spiro atoms. The Balaban J connectivity index is 2.94. The predicted octanol–water partition coefficient (Wildman–Crippen LogP) is 1.97. The quantitative estimate of drug-likeness (QED) is 0.443. The van der Waals surface area contributed by atoms with E-state index in [0.29, 0.717) is 9.13 Å². The third-order valence-corrected chi connectivity index (χ3v) is 6.61. The van der Waals surface area contributed by atoms with Crippen LogP contribution in [0.25, 0.3) is 0 Å². The van der Waals surface area contributed by atoms with Gasteiger partial charge in [0.2, 0.25) is 0 Å². The third-order valence-electron chi connectivity index (χ3n) is 4.78. The van der Waals surface area contributed by atoms with E-state index < -0.39 is 45.4 Å². The molecule has 10 nitrogen and oxygen atoms in total. The molecule has 0 unspecified atom stereocenters. The molecule has 12 heteroatoms. The molecule has 0 N–H and O–H groups in total. The van der Waals surface area contributed by atoms with E-state index in [9.17, 15) is 28.8 Å². The second-order valence-electron chi connectivity index (χ2n) is 9.27. The van der Waals surface area contributed by atoms with Crippen LogP contribution < -0.4 is 22.5 Å². The topological polar surface area (TPSA) is 122 Å². The second-order valence-corrected chi connectivity index (χ2v) is 10.9. The van der Waals surface area contributed by atoms with Gasteiger partial charge in [0.05, 0.1) is 0 Å². The second kappa shape index (κ2) is 8.22. The van der Waals surface area contributed by atoms with Gasteiger partial charge in [0.1, 0.15) is 8.95 Å². The van der Waals surface area contributed by atoms with Crippen molar-refractivity contribution in [2.75, 3.05) is 0 Å². The van der Waals surface area contributed by atoms with Crippen molar-refractivity contribution in [2.45, 2.75) is 66.5 Å². The molecule has 0 atom stereocenters. The molecular formula is C20H24Br2N4O6. The van der Waals surface area contributed by atoms with Gasteiger partial charge in [-0.25, -0.2) is 18.7 Å². The highest BCUT2D eigenvalue weighted by atomic mass is 79.9. The lowest BCUT2D eigenvalue weighted by atomic mass is 10.1. The van der Waals surface area contributed by atoms with Crippen molar-refractivity contribution in [2.24, 2.45) is 0 Å². The molecule has 174 valence electrons. The first-order valence-electron chi connectivity index (χ1n) is 9.54. The summed E-state index contributed by atoms with van der Waals surface area (Å²) in [7, 11) is 0. The van der Waals surface area contributed by atoms with Gasteiger partial charge in [-0.3, -0.25) is 28.3 Å². The maximum Gasteiger partial charge on any atom is 0.339 e. The minimum atomic E-state index is -1.34. The first-order valence-corrected chi connectivity index (χ1v) is 11.1. The fraction of sp³-hybridized carbons (Fsp3) is 0.500. The van der Waals surface area contributed by atoms with Crippen molar-refractivity contribution in [3.8, 4) is 0 Å². The van der Waals surface area contributed by atoms with Crippen LogP contribution in [-0.4, -0.2) is 30.1 Å². The van der Waals surface area contributed by atoms with Crippen LogP contribution in [0.3, 0.4) is 0 Å². The summed E-state index contributed by atoms with van der Waals surface area (Å²) in [4.78, 5) is 77.8. The van der Waals surface area contributed by atoms with E-state index in [1.807, 2.05) is 0 Å². The van der Waals surface area contributed by atoms with Gasteiger partial charge in [-0.15, -0.1) is 0 Å². The molecule has 2 aromatic rings. The first kappa shape index (κ1) is 25.9. The molecule has 0 saturated carbocycles. The summed E-state index contributed by atoms with van der Waals surface area (Å²) in [6, 6.07) is 0. The van der Waals surface area contributed by atoms with Crippen LogP contribution in [0.15, 0.2) is 28.1 Å². The number of carbonyl (C=O) groups excluding carboxylic acids is 2. The number of hydrogen-bond acceptors (Lipinski definition) is 6. The zero-order chi connectivity index (χ0) is 25.1. The van der Waals surface area contributed by atoms with Crippen LogP contribution >= 0.6 is 31.9 Å². The number of aromatic nitrogens is 4. The molecule has 0 radical (unpaired) electrons. The Bertz CT molecular complexity index is 1290. The van der Waals surface area contributed by atoms with Crippen molar-refractivity contribution in [1.82, 2.24) is 18.3 Å². The standard InChI is InChI=1S/C20H24Br2N4O6/c1-9-11(21)13(27)25(19(3,4)5)17(31)23(9)15(29)16(30)24-10(2)12(22)14(28)26(18(24)32)20(6,7)8/h1-8H3. The van der Waals surface area contributed by atoms with Crippen molar-refractivity contribution in [3.05, 3.63) is 62.0 Å². The van der Waals surface area contributed by atoms with Gasteiger partial charge < -0.3 is 0 Å². The Morgan fingerprint density at radius 2 is 0.875 bits per heavy atom. The number of hydrogen-bond donors (Lipinski definition) is 0. The molecule has 0 amide bonds. The minimum absolute atomic E-state index is 0.0712. The Morgan fingerprint density at radius 3 is 1.09 bits per heavy atom. The molecule has 2 heterocycles. The Kier molecular flexibility index (Phi) is 6.65. The van der Waals surface area contributed by atoms with Crippen molar-refractivity contribution >= 4 is 43.7 Å². The van der Waals surface area contributed by atoms with Crippen molar-refractivity contribution in [1.29, 1.82) is 0 Å². The zero-order valence-corrected chi connectivity index (χ0v) is 22.2. The fourth-order valence-corrected chi connectivity index (χ4v) is 3.92. The lowest BCUT2D eigenvalue weighted by molar-refractivity contribution is 0.0699. The van der Waals surface area contributed by atoms with E-state index in [1.54, 1.807) is 41.5 Å². The van der Waals surface area contributed by atoms with Gasteiger partial charge in [0, 0.05) is 22.5 Å². The fourth-order valence-electron chi connectivity index (χ4n) is 3.22. The number of carbonyl (C=O) groups is 2. The molecule has 0 aliphatic rings. The van der Waals surface area contributed by atoms with E-state index in [4.69, 9.17) is 0 Å². The Morgan fingerprint density at radius 1 is 0.625 bits per heavy atom. The lowest BCUT2D eigenvalue weighted by Crippen LogP contribution is -2.54. The van der Waals surface area contributed by atoms with Crippen molar-refractivity contribution in [3.63, 3.8) is 0 Å². The molecule has 0 saturated heterocycles. The van der Waals surface area contributed by atoms with Crippen molar-refractivity contribution < 1.29 is 9.59 Å². The van der Waals surface area contributed by atoms with Gasteiger partial charge in [-0.2, -0.15) is 0 Å². The number of nitrogens with zero attached hydrogens (tertiary/aromatic N) is 4.